The predicted molar refractivity (Wildman–Crippen MR) is 78.9 cm³/mol. The number of carbonyl (C=O) groups excluding carboxylic acids is 1. The van der Waals surface area contributed by atoms with Crippen LogP contribution < -0.4 is 10.1 Å². The summed E-state index contributed by atoms with van der Waals surface area (Å²) in [6.45, 7) is 6.00. The van der Waals surface area contributed by atoms with Gasteiger partial charge in [0.15, 0.2) is 0 Å². The Morgan fingerprint density at radius 1 is 1.40 bits per heavy atom. The topological polar surface area (TPSA) is 61.8 Å². The maximum absolute atomic E-state index is 11.5. The molecule has 0 radical (unpaired) electrons. The van der Waals surface area contributed by atoms with Crippen molar-refractivity contribution in [1.29, 1.82) is 0 Å². The fourth-order valence-corrected chi connectivity index (χ4v) is 1.83. The molecular formula is C15H24N2O3. The van der Waals surface area contributed by atoms with Crippen molar-refractivity contribution in [3.8, 4) is 11.5 Å². The van der Waals surface area contributed by atoms with Crippen LogP contribution in [0.5, 0.6) is 11.5 Å². The van der Waals surface area contributed by atoms with E-state index in [0.717, 1.165) is 12.0 Å². The molecule has 0 saturated heterocycles. The second kappa shape index (κ2) is 8.43. The lowest BCUT2D eigenvalue weighted by Gasteiger charge is -2.17. The van der Waals surface area contributed by atoms with Gasteiger partial charge in [-0.25, -0.2) is 0 Å². The summed E-state index contributed by atoms with van der Waals surface area (Å²) in [4.78, 5) is 13.3. The Morgan fingerprint density at radius 3 is 2.75 bits per heavy atom. The number of nitrogens with one attached hydrogen (secondary N) is 1. The first kappa shape index (κ1) is 16.3. The molecule has 20 heavy (non-hydrogen) atoms. The van der Waals surface area contributed by atoms with Crippen molar-refractivity contribution in [3.63, 3.8) is 0 Å². The van der Waals surface area contributed by atoms with Crippen molar-refractivity contribution in [3.05, 3.63) is 23.8 Å². The Morgan fingerprint density at radius 2 is 2.15 bits per heavy atom. The van der Waals surface area contributed by atoms with Gasteiger partial charge in [-0.05, 0) is 26.5 Å². The molecule has 0 atom stereocenters. The molecule has 0 bridgehead atoms. The largest absolute Gasteiger partial charge is 0.507 e. The molecule has 2 N–H and O–H groups in total. The maximum atomic E-state index is 11.5. The zero-order valence-corrected chi connectivity index (χ0v) is 12.5. The van der Waals surface area contributed by atoms with Crippen molar-refractivity contribution < 1.29 is 14.6 Å². The molecular weight excluding hydrogens is 256 g/mol. The van der Waals surface area contributed by atoms with Crippen LogP contribution in [0.15, 0.2) is 18.2 Å². The first-order valence-electron chi connectivity index (χ1n) is 6.96. The van der Waals surface area contributed by atoms with E-state index < -0.39 is 0 Å². The van der Waals surface area contributed by atoms with E-state index in [1.807, 2.05) is 37.9 Å². The summed E-state index contributed by atoms with van der Waals surface area (Å²) in [5.74, 6) is 0.846. The van der Waals surface area contributed by atoms with Gasteiger partial charge in [-0.3, -0.25) is 9.69 Å². The maximum Gasteiger partial charge on any atom is 0.234 e. The lowest BCUT2D eigenvalue weighted by molar-refractivity contribution is -0.121. The van der Waals surface area contributed by atoms with Gasteiger partial charge in [0.25, 0.3) is 0 Å². The van der Waals surface area contributed by atoms with E-state index in [1.165, 1.54) is 0 Å². The highest BCUT2D eigenvalue weighted by atomic mass is 16.5. The van der Waals surface area contributed by atoms with Crippen LogP contribution in [0.25, 0.3) is 0 Å². The standard InChI is InChI=1S/C15H24N2O3/c1-4-8-20-13-7-6-12(14(18)9-13)10-17(3)11-15(19)16-5-2/h6-7,9,18H,4-5,8,10-11H2,1-3H3,(H,16,19). The molecule has 5 nitrogen and oxygen atoms in total. The van der Waals surface area contributed by atoms with Crippen LogP contribution in [0.3, 0.4) is 0 Å². The first-order valence-corrected chi connectivity index (χ1v) is 6.96. The Labute approximate surface area is 120 Å². The number of benzene rings is 1. The summed E-state index contributed by atoms with van der Waals surface area (Å²) < 4.78 is 5.45. The average Bonchev–Trinajstić information content (AvgIpc) is 2.39. The van der Waals surface area contributed by atoms with Gasteiger partial charge in [-0.1, -0.05) is 13.0 Å². The molecule has 0 fully saturated rings. The summed E-state index contributed by atoms with van der Waals surface area (Å²) >= 11 is 0. The highest BCUT2D eigenvalue weighted by Crippen LogP contribution is 2.24. The minimum Gasteiger partial charge on any atom is -0.507 e. The van der Waals surface area contributed by atoms with Gasteiger partial charge in [0.2, 0.25) is 5.91 Å². The van der Waals surface area contributed by atoms with E-state index in [0.29, 0.717) is 32.0 Å². The Kier molecular flexibility index (Phi) is 6.87. The molecule has 0 aliphatic heterocycles. The van der Waals surface area contributed by atoms with Gasteiger partial charge in [0.1, 0.15) is 11.5 Å². The van der Waals surface area contributed by atoms with Crippen LogP contribution in [0.2, 0.25) is 0 Å². The fourth-order valence-electron chi connectivity index (χ4n) is 1.83. The second-order valence-corrected chi connectivity index (χ2v) is 4.76. The van der Waals surface area contributed by atoms with E-state index in [1.54, 1.807) is 6.07 Å². The molecule has 5 heteroatoms. The Hall–Kier alpha value is -1.75. The third kappa shape index (κ3) is 5.48. The molecule has 1 aromatic carbocycles. The monoisotopic (exact) mass is 280 g/mol. The van der Waals surface area contributed by atoms with Crippen LogP contribution in [0.4, 0.5) is 0 Å². The van der Waals surface area contributed by atoms with Gasteiger partial charge in [0.05, 0.1) is 13.2 Å². The number of rotatable bonds is 8. The lowest BCUT2D eigenvalue weighted by Crippen LogP contribution is -2.34. The first-order chi connectivity index (χ1) is 9.56. The van der Waals surface area contributed by atoms with Gasteiger partial charge >= 0.3 is 0 Å². The highest BCUT2D eigenvalue weighted by molar-refractivity contribution is 5.77. The van der Waals surface area contributed by atoms with Crippen molar-refractivity contribution >= 4 is 5.91 Å². The third-order valence-electron chi connectivity index (χ3n) is 2.76. The fraction of sp³-hybridized carbons (Fsp3) is 0.533. The lowest BCUT2D eigenvalue weighted by atomic mass is 10.2. The number of carbonyl (C=O) groups is 1. The third-order valence-corrected chi connectivity index (χ3v) is 2.76. The van der Waals surface area contributed by atoms with E-state index in [4.69, 9.17) is 4.74 Å². The smallest absolute Gasteiger partial charge is 0.234 e. The van der Waals surface area contributed by atoms with Gasteiger partial charge in [-0.15, -0.1) is 0 Å². The van der Waals surface area contributed by atoms with E-state index >= 15 is 0 Å². The summed E-state index contributed by atoms with van der Waals surface area (Å²) in [5, 5.41) is 12.7. The minimum absolute atomic E-state index is 0.0163. The number of nitrogens with zero attached hydrogens (tertiary/aromatic N) is 1. The number of hydrogen-bond acceptors (Lipinski definition) is 4. The molecule has 0 spiro atoms. The number of hydrogen-bond donors (Lipinski definition) is 2. The van der Waals surface area contributed by atoms with E-state index in [2.05, 4.69) is 5.32 Å². The molecule has 0 saturated carbocycles. The normalized spacial score (nSPS) is 10.6. The molecule has 112 valence electrons. The summed E-state index contributed by atoms with van der Waals surface area (Å²) in [6.07, 6.45) is 0.928. The van der Waals surface area contributed by atoms with Crippen molar-refractivity contribution in [1.82, 2.24) is 10.2 Å². The van der Waals surface area contributed by atoms with Crippen molar-refractivity contribution in [2.45, 2.75) is 26.8 Å². The second-order valence-electron chi connectivity index (χ2n) is 4.76. The number of likely N-dealkylation sites (N-methyl/N-ethyl adjacent to an activating group) is 2. The van der Waals surface area contributed by atoms with Crippen LogP contribution in [-0.2, 0) is 11.3 Å². The molecule has 0 aliphatic carbocycles. The van der Waals surface area contributed by atoms with Crippen LogP contribution in [0.1, 0.15) is 25.8 Å². The SMILES string of the molecule is CCCOc1ccc(CN(C)CC(=O)NCC)c(O)c1. The number of aromatic hydroxyl groups is 1. The highest BCUT2D eigenvalue weighted by Gasteiger charge is 2.09. The van der Waals surface area contributed by atoms with Gasteiger partial charge < -0.3 is 15.2 Å². The molecule has 0 aliphatic rings. The van der Waals surface area contributed by atoms with Gasteiger partial charge in [0, 0.05) is 24.7 Å². The van der Waals surface area contributed by atoms with Crippen molar-refractivity contribution in [2.24, 2.45) is 0 Å². The molecule has 1 amide bonds. The van der Waals surface area contributed by atoms with Crippen LogP contribution >= 0.6 is 0 Å². The Bertz CT molecular complexity index is 435. The van der Waals surface area contributed by atoms with E-state index in [-0.39, 0.29) is 11.7 Å². The molecule has 0 unspecified atom stereocenters. The Balaban J connectivity index is 2.57. The van der Waals surface area contributed by atoms with Gasteiger partial charge in [-0.2, -0.15) is 0 Å². The molecule has 1 rings (SSSR count). The van der Waals surface area contributed by atoms with E-state index in [9.17, 15) is 9.90 Å². The summed E-state index contributed by atoms with van der Waals surface area (Å²) in [5.41, 5.74) is 0.778. The predicted octanol–water partition coefficient (Wildman–Crippen LogP) is 1.75. The molecule has 0 heterocycles. The zero-order chi connectivity index (χ0) is 15.0. The van der Waals surface area contributed by atoms with Crippen LogP contribution in [-0.4, -0.2) is 42.7 Å². The minimum atomic E-state index is -0.0163. The zero-order valence-electron chi connectivity index (χ0n) is 12.5. The number of phenolic OH excluding ortho intramolecular Hbond substituents is 1. The number of amides is 1. The summed E-state index contributed by atoms with van der Waals surface area (Å²) in [6, 6.07) is 5.28. The van der Waals surface area contributed by atoms with Crippen LogP contribution in [0, 0.1) is 0 Å². The average molecular weight is 280 g/mol. The molecule has 1 aromatic rings. The summed E-state index contributed by atoms with van der Waals surface area (Å²) in [7, 11) is 1.84. The number of ether oxygens (including phenoxy) is 1. The number of phenols is 1. The van der Waals surface area contributed by atoms with Crippen molar-refractivity contribution in [2.75, 3.05) is 26.7 Å². The molecule has 0 aromatic heterocycles. The quantitative estimate of drug-likeness (QED) is 0.761.